The number of hydrogen-bond donors (Lipinski definition) is 2. The Morgan fingerprint density at radius 1 is 1.19 bits per heavy atom. The van der Waals surface area contributed by atoms with E-state index < -0.39 is 0 Å². The Morgan fingerprint density at radius 2 is 1.86 bits per heavy atom. The maximum atomic E-state index is 5.50. The average Bonchev–Trinajstić information content (AvgIpc) is 2.43. The summed E-state index contributed by atoms with van der Waals surface area (Å²) in [5.74, 6) is 0.829. The monoisotopic (exact) mass is 405 g/mol. The third-order valence-corrected chi connectivity index (χ3v) is 2.87. The molecule has 0 fully saturated rings. The van der Waals surface area contributed by atoms with Crippen LogP contribution in [0.15, 0.2) is 29.3 Å². The second kappa shape index (κ2) is 11.8. The molecule has 21 heavy (non-hydrogen) atoms. The highest BCUT2D eigenvalue weighted by Gasteiger charge is 1.98. The van der Waals surface area contributed by atoms with Crippen LogP contribution in [0.3, 0.4) is 0 Å². The second-order valence-corrected chi connectivity index (χ2v) is 5.11. The first kappa shape index (κ1) is 20.2. The molecule has 1 rings (SSSR count). The molecular formula is C16H28IN3O. The zero-order chi connectivity index (χ0) is 14.8. The van der Waals surface area contributed by atoms with Gasteiger partial charge >= 0.3 is 0 Å². The highest BCUT2D eigenvalue weighted by Crippen LogP contribution is 2.02. The number of rotatable bonds is 7. The molecule has 0 aliphatic carbocycles. The molecule has 0 unspecified atom stereocenters. The van der Waals surface area contributed by atoms with Crippen LogP contribution in [0, 0.1) is 6.92 Å². The number of hydrogen-bond acceptors (Lipinski definition) is 2. The fourth-order valence-electron chi connectivity index (χ4n) is 1.71. The number of aliphatic imine (C=N–C) groups is 1. The molecule has 5 heteroatoms. The van der Waals surface area contributed by atoms with Gasteiger partial charge in [-0.05, 0) is 32.8 Å². The number of nitrogens with zero attached hydrogens (tertiary/aromatic N) is 1. The third kappa shape index (κ3) is 9.68. The third-order valence-electron chi connectivity index (χ3n) is 2.87. The summed E-state index contributed by atoms with van der Waals surface area (Å²) in [5.41, 5.74) is 2.53. The molecule has 0 radical (unpaired) electrons. The van der Waals surface area contributed by atoms with E-state index in [0.29, 0.717) is 6.10 Å². The SMILES string of the molecule is CN=C(NCCCOC(C)C)NCc1ccc(C)cc1.I. The van der Waals surface area contributed by atoms with Crippen molar-refractivity contribution in [2.24, 2.45) is 4.99 Å². The van der Waals surface area contributed by atoms with Crippen molar-refractivity contribution in [1.29, 1.82) is 0 Å². The van der Waals surface area contributed by atoms with Gasteiger partial charge in [-0.15, -0.1) is 24.0 Å². The summed E-state index contributed by atoms with van der Waals surface area (Å²) in [6.45, 7) is 8.62. The van der Waals surface area contributed by atoms with E-state index in [-0.39, 0.29) is 24.0 Å². The summed E-state index contributed by atoms with van der Waals surface area (Å²) in [6.07, 6.45) is 1.28. The number of guanidine groups is 1. The molecule has 0 saturated carbocycles. The molecule has 1 aromatic rings. The first-order valence-electron chi connectivity index (χ1n) is 7.23. The predicted octanol–water partition coefficient (Wildman–Crippen LogP) is 3.09. The molecule has 0 aliphatic rings. The van der Waals surface area contributed by atoms with Crippen LogP contribution < -0.4 is 10.6 Å². The standard InChI is InChI=1S/C16H27N3O.HI/c1-13(2)20-11-5-10-18-16(17-4)19-12-15-8-6-14(3)7-9-15;/h6-9,13H,5,10-12H2,1-4H3,(H2,17,18,19);1H. The van der Waals surface area contributed by atoms with E-state index in [9.17, 15) is 0 Å². The smallest absolute Gasteiger partial charge is 0.191 e. The Balaban J connectivity index is 0.00000400. The van der Waals surface area contributed by atoms with Crippen LogP contribution in [-0.2, 0) is 11.3 Å². The van der Waals surface area contributed by atoms with Gasteiger partial charge in [0.1, 0.15) is 0 Å². The van der Waals surface area contributed by atoms with Gasteiger partial charge < -0.3 is 15.4 Å². The molecular weight excluding hydrogens is 377 g/mol. The molecule has 0 aliphatic heterocycles. The summed E-state index contributed by atoms with van der Waals surface area (Å²) in [6, 6.07) is 8.51. The van der Waals surface area contributed by atoms with Crippen LogP contribution in [0.5, 0.6) is 0 Å². The lowest BCUT2D eigenvalue weighted by Gasteiger charge is -2.12. The molecule has 2 N–H and O–H groups in total. The predicted molar refractivity (Wildman–Crippen MR) is 101 cm³/mol. The van der Waals surface area contributed by atoms with Crippen LogP contribution in [0.4, 0.5) is 0 Å². The van der Waals surface area contributed by atoms with Gasteiger partial charge in [0.05, 0.1) is 6.10 Å². The van der Waals surface area contributed by atoms with Crippen LogP contribution >= 0.6 is 24.0 Å². The number of ether oxygens (including phenoxy) is 1. The van der Waals surface area contributed by atoms with Crippen molar-refractivity contribution in [3.63, 3.8) is 0 Å². The summed E-state index contributed by atoms with van der Waals surface area (Å²) >= 11 is 0. The molecule has 0 aromatic heterocycles. The highest BCUT2D eigenvalue weighted by molar-refractivity contribution is 14.0. The number of halogens is 1. The molecule has 1 aromatic carbocycles. The Hall–Kier alpha value is -0.820. The fourth-order valence-corrected chi connectivity index (χ4v) is 1.71. The van der Waals surface area contributed by atoms with Crippen molar-refractivity contribution in [2.75, 3.05) is 20.2 Å². The van der Waals surface area contributed by atoms with Gasteiger partial charge in [-0.3, -0.25) is 4.99 Å². The molecule has 0 amide bonds. The Bertz CT molecular complexity index is 404. The Morgan fingerprint density at radius 3 is 2.43 bits per heavy atom. The van der Waals surface area contributed by atoms with Crippen LogP contribution in [0.25, 0.3) is 0 Å². The van der Waals surface area contributed by atoms with E-state index in [1.807, 2.05) is 0 Å². The number of nitrogens with one attached hydrogen (secondary N) is 2. The van der Waals surface area contributed by atoms with Gasteiger partial charge in [0.2, 0.25) is 0 Å². The van der Waals surface area contributed by atoms with Crippen LogP contribution in [-0.4, -0.2) is 32.3 Å². The van der Waals surface area contributed by atoms with Gasteiger partial charge in [-0.2, -0.15) is 0 Å². The Kier molecular flexibility index (Phi) is 11.3. The molecule has 0 heterocycles. The number of benzene rings is 1. The zero-order valence-electron chi connectivity index (χ0n) is 13.5. The molecule has 0 bridgehead atoms. The highest BCUT2D eigenvalue weighted by atomic mass is 127. The maximum absolute atomic E-state index is 5.50. The lowest BCUT2D eigenvalue weighted by atomic mass is 10.1. The van der Waals surface area contributed by atoms with E-state index in [1.54, 1.807) is 7.05 Å². The van der Waals surface area contributed by atoms with Gasteiger partial charge in [-0.1, -0.05) is 29.8 Å². The van der Waals surface area contributed by atoms with Gasteiger partial charge in [0.15, 0.2) is 5.96 Å². The molecule has 0 spiro atoms. The largest absolute Gasteiger partial charge is 0.379 e. The topological polar surface area (TPSA) is 45.7 Å². The fraction of sp³-hybridized carbons (Fsp3) is 0.562. The molecule has 0 saturated heterocycles. The summed E-state index contributed by atoms with van der Waals surface area (Å²) in [4.78, 5) is 4.21. The second-order valence-electron chi connectivity index (χ2n) is 5.11. The van der Waals surface area contributed by atoms with Crippen molar-refractivity contribution in [1.82, 2.24) is 10.6 Å². The molecule has 0 atom stereocenters. The van der Waals surface area contributed by atoms with Crippen molar-refractivity contribution < 1.29 is 4.74 Å². The van der Waals surface area contributed by atoms with Crippen molar-refractivity contribution in [3.8, 4) is 0 Å². The minimum absolute atomic E-state index is 0. The first-order chi connectivity index (χ1) is 9.61. The zero-order valence-corrected chi connectivity index (χ0v) is 15.8. The maximum Gasteiger partial charge on any atom is 0.191 e. The van der Waals surface area contributed by atoms with E-state index in [0.717, 1.165) is 32.1 Å². The van der Waals surface area contributed by atoms with Crippen molar-refractivity contribution in [3.05, 3.63) is 35.4 Å². The Labute approximate surface area is 145 Å². The summed E-state index contributed by atoms with van der Waals surface area (Å²) in [7, 11) is 1.79. The number of aryl methyl sites for hydroxylation is 1. The minimum atomic E-state index is 0. The quantitative estimate of drug-likeness (QED) is 0.317. The first-order valence-corrected chi connectivity index (χ1v) is 7.23. The van der Waals surface area contributed by atoms with E-state index in [4.69, 9.17) is 4.74 Å². The summed E-state index contributed by atoms with van der Waals surface area (Å²) < 4.78 is 5.50. The molecule has 120 valence electrons. The minimum Gasteiger partial charge on any atom is -0.379 e. The van der Waals surface area contributed by atoms with Crippen LogP contribution in [0.1, 0.15) is 31.4 Å². The lowest BCUT2D eigenvalue weighted by Crippen LogP contribution is -2.37. The normalized spacial score (nSPS) is 11.2. The lowest BCUT2D eigenvalue weighted by molar-refractivity contribution is 0.0776. The van der Waals surface area contributed by atoms with E-state index in [2.05, 4.69) is 60.7 Å². The van der Waals surface area contributed by atoms with Gasteiger partial charge in [0, 0.05) is 26.7 Å². The van der Waals surface area contributed by atoms with Crippen molar-refractivity contribution in [2.45, 2.75) is 39.8 Å². The van der Waals surface area contributed by atoms with E-state index >= 15 is 0 Å². The van der Waals surface area contributed by atoms with Gasteiger partial charge in [0.25, 0.3) is 0 Å². The average molecular weight is 405 g/mol. The summed E-state index contributed by atoms with van der Waals surface area (Å²) in [5, 5.41) is 6.59. The van der Waals surface area contributed by atoms with Crippen LogP contribution in [0.2, 0.25) is 0 Å². The molecule has 4 nitrogen and oxygen atoms in total. The van der Waals surface area contributed by atoms with Crippen molar-refractivity contribution >= 4 is 29.9 Å². The van der Waals surface area contributed by atoms with Gasteiger partial charge in [-0.25, -0.2) is 0 Å². The van der Waals surface area contributed by atoms with E-state index in [1.165, 1.54) is 11.1 Å².